The Morgan fingerprint density at radius 1 is 1.13 bits per heavy atom. The van der Waals surface area contributed by atoms with E-state index in [1.807, 2.05) is 6.07 Å². The van der Waals surface area contributed by atoms with E-state index < -0.39 is 5.97 Å². The van der Waals surface area contributed by atoms with Crippen molar-refractivity contribution in [3.8, 4) is 5.88 Å². The second-order valence-corrected chi connectivity index (χ2v) is 7.91. The number of carboxylic acids is 1. The number of carbonyl (C=O) groups excluding carboxylic acids is 1. The molecule has 0 amide bonds. The summed E-state index contributed by atoms with van der Waals surface area (Å²) in [5, 5.41) is 11.4. The highest BCUT2D eigenvalue weighted by atomic mass is 35.5. The van der Waals surface area contributed by atoms with Gasteiger partial charge in [-0.25, -0.2) is 9.78 Å². The molecule has 2 aromatic heterocycles. The maximum absolute atomic E-state index is 12.8. The summed E-state index contributed by atoms with van der Waals surface area (Å²) in [6.45, 7) is -0.316. The number of halogens is 1. The van der Waals surface area contributed by atoms with Gasteiger partial charge in [-0.3, -0.25) is 4.79 Å². The van der Waals surface area contributed by atoms with E-state index in [1.54, 1.807) is 24.4 Å². The molecule has 4 aromatic rings. The van der Waals surface area contributed by atoms with E-state index in [0.29, 0.717) is 27.4 Å². The normalized spacial score (nSPS) is 13.6. The number of pyridine rings is 1. The minimum absolute atomic E-state index is 0.0958. The summed E-state index contributed by atoms with van der Waals surface area (Å²) in [4.78, 5) is 31.8. The van der Waals surface area contributed by atoms with Gasteiger partial charge in [0.15, 0.2) is 6.61 Å². The molecular weight excluding hydrogens is 404 g/mol. The lowest BCUT2D eigenvalue weighted by atomic mass is 10.1. The highest BCUT2D eigenvalue weighted by Gasteiger charge is 2.24. The van der Waals surface area contributed by atoms with E-state index in [1.165, 1.54) is 24.5 Å². The van der Waals surface area contributed by atoms with Gasteiger partial charge in [0.25, 0.3) is 0 Å². The fourth-order valence-electron chi connectivity index (χ4n) is 3.65. The van der Waals surface area contributed by atoms with Crippen molar-refractivity contribution in [2.75, 3.05) is 6.61 Å². The number of H-pyrrole nitrogens is 1. The fraction of sp³-hybridized carbons (Fsp3) is 0.174. The number of hydrogen-bond donors (Lipinski definition) is 2. The van der Waals surface area contributed by atoms with Gasteiger partial charge in [-0.05, 0) is 54.7 Å². The molecule has 0 atom stereocenters. The molecule has 1 fully saturated rings. The molecule has 0 saturated heterocycles. The van der Waals surface area contributed by atoms with E-state index in [9.17, 15) is 14.7 Å². The number of benzene rings is 2. The summed E-state index contributed by atoms with van der Waals surface area (Å²) in [6.07, 6.45) is 4.09. The Labute approximate surface area is 176 Å². The number of Topliss-reactive ketones (excluding diaryl/α,β-unsaturated/α-hetero) is 1. The van der Waals surface area contributed by atoms with Crippen LogP contribution in [0.1, 0.15) is 45.0 Å². The van der Waals surface area contributed by atoms with Crippen LogP contribution >= 0.6 is 11.6 Å². The molecule has 30 heavy (non-hydrogen) atoms. The van der Waals surface area contributed by atoms with Crippen molar-refractivity contribution >= 4 is 45.2 Å². The molecule has 1 saturated carbocycles. The Morgan fingerprint density at radius 2 is 1.97 bits per heavy atom. The maximum atomic E-state index is 12.8. The first-order chi connectivity index (χ1) is 14.5. The monoisotopic (exact) mass is 420 g/mol. The molecule has 0 aliphatic heterocycles. The van der Waals surface area contributed by atoms with Crippen molar-refractivity contribution in [3.05, 3.63) is 70.4 Å². The average molecular weight is 421 g/mol. The molecule has 1 aliphatic rings. The number of carbonyl (C=O) groups is 2. The molecule has 2 heterocycles. The van der Waals surface area contributed by atoms with E-state index in [0.717, 1.165) is 10.9 Å². The van der Waals surface area contributed by atoms with Crippen LogP contribution in [-0.2, 0) is 0 Å². The lowest BCUT2D eigenvalue weighted by Crippen LogP contribution is -2.14. The molecular formula is C23H17ClN2O4. The molecule has 6 nitrogen and oxygen atoms in total. The number of aromatic amines is 1. The van der Waals surface area contributed by atoms with Crippen LogP contribution in [0.4, 0.5) is 0 Å². The van der Waals surface area contributed by atoms with Gasteiger partial charge in [0.1, 0.15) is 5.56 Å². The quantitative estimate of drug-likeness (QED) is 0.418. The Kier molecular flexibility index (Phi) is 4.44. The topological polar surface area (TPSA) is 92.3 Å². The molecule has 7 heteroatoms. The predicted molar refractivity (Wildman–Crippen MR) is 114 cm³/mol. The van der Waals surface area contributed by atoms with Crippen LogP contribution in [0.3, 0.4) is 0 Å². The van der Waals surface area contributed by atoms with Crippen LogP contribution < -0.4 is 4.74 Å². The molecule has 0 radical (unpaired) electrons. The molecule has 0 bridgehead atoms. The number of nitrogens with zero attached hydrogens (tertiary/aromatic N) is 1. The minimum Gasteiger partial charge on any atom is -0.477 e. The summed E-state index contributed by atoms with van der Waals surface area (Å²) >= 11 is 5.97. The van der Waals surface area contributed by atoms with Gasteiger partial charge < -0.3 is 14.8 Å². The number of aromatic nitrogens is 2. The Morgan fingerprint density at radius 3 is 2.73 bits per heavy atom. The maximum Gasteiger partial charge on any atom is 0.341 e. The Hall–Kier alpha value is -3.38. The molecule has 150 valence electrons. The van der Waals surface area contributed by atoms with Crippen molar-refractivity contribution in [1.82, 2.24) is 9.97 Å². The van der Waals surface area contributed by atoms with Gasteiger partial charge in [0.05, 0.1) is 5.52 Å². The van der Waals surface area contributed by atoms with Crippen molar-refractivity contribution in [1.29, 1.82) is 0 Å². The standard InChI is InChI=1S/C23H17ClN2O4/c24-15-4-6-19-14(7-15)8-17(23(28)29)22(26-19)30-11-21(27)18-10-25-20-9-13(12-1-2-12)3-5-16(18)20/h3-10,12,25H,1-2,11H2,(H,28,29). The van der Waals surface area contributed by atoms with Gasteiger partial charge in [-0.1, -0.05) is 23.7 Å². The smallest absolute Gasteiger partial charge is 0.341 e. The highest BCUT2D eigenvalue weighted by molar-refractivity contribution is 6.31. The SMILES string of the molecule is O=C(O)c1cc2cc(Cl)ccc2nc1OCC(=O)c1c[nH]c2cc(C3CC3)ccc12. The lowest BCUT2D eigenvalue weighted by Gasteiger charge is -2.09. The molecule has 0 spiro atoms. The number of nitrogens with one attached hydrogen (secondary N) is 1. The van der Waals surface area contributed by atoms with Crippen LogP contribution in [0.15, 0.2) is 48.7 Å². The van der Waals surface area contributed by atoms with E-state index in [2.05, 4.69) is 22.1 Å². The summed E-state index contributed by atoms with van der Waals surface area (Å²) in [7, 11) is 0. The number of ether oxygens (including phenoxy) is 1. The Balaban J connectivity index is 1.41. The summed E-state index contributed by atoms with van der Waals surface area (Å²) in [5.41, 5.74) is 3.12. The summed E-state index contributed by atoms with van der Waals surface area (Å²) < 4.78 is 5.55. The van der Waals surface area contributed by atoms with Gasteiger partial charge in [0, 0.05) is 33.1 Å². The van der Waals surface area contributed by atoms with E-state index >= 15 is 0 Å². The van der Waals surface area contributed by atoms with Crippen molar-refractivity contribution in [3.63, 3.8) is 0 Å². The molecule has 1 aliphatic carbocycles. The third kappa shape index (κ3) is 3.39. The van der Waals surface area contributed by atoms with Gasteiger partial charge in [0.2, 0.25) is 11.7 Å². The second kappa shape index (κ2) is 7.15. The highest BCUT2D eigenvalue weighted by Crippen LogP contribution is 2.41. The predicted octanol–water partition coefficient (Wildman–Crippen LogP) is 5.21. The largest absolute Gasteiger partial charge is 0.477 e. The zero-order chi connectivity index (χ0) is 20.8. The van der Waals surface area contributed by atoms with Gasteiger partial charge in [-0.15, -0.1) is 0 Å². The van der Waals surface area contributed by atoms with Gasteiger partial charge >= 0.3 is 5.97 Å². The van der Waals surface area contributed by atoms with Crippen LogP contribution in [0.25, 0.3) is 21.8 Å². The molecule has 2 aromatic carbocycles. The third-order valence-electron chi connectivity index (χ3n) is 5.37. The number of fused-ring (bicyclic) bond motifs is 2. The van der Waals surface area contributed by atoms with Crippen LogP contribution in [0.5, 0.6) is 5.88 Å². The zero-order valence-electron chi connectivity index (χ0n) is 15.8. The van der Waals surface area contributed by atoms with Crippen molar-refractivity contribution < 1.29 is 19.4 Å². The summed E-state index contributed by atoms with van der Waals surface area (Å²) in [6, 6.07) is 12.5. The van der Waals surface area contributed by atoms with Crippen molar-refractivity contribution in [2.45, 2.75) is 18.8 Å². The van der Waals surface area contributed by atoms with Crippen LogP contribution in [0, 0.1) is 0 Å². The van der Waals surface area contributed by atoms with Crippen LogP contribution in [0.2, 0.25) is 5.02 Å². The Bertz CT molecular complexity index is 1320. The van der Waals surface area contributed by atoms with Gasteiger partial charge in [-0.2, -0.15) is 0 Å². The fourth-order valence-corrected chi connectivity index (χ4v) is 3.83. The summed E-state index contributed by atoms with van der Waals surface area (Å²) in [5.74, 6) is -0.911. The molecule has 0 unspecified atom stereocenters. The lowest BCUT2D eigenvalue weighted by molar-refractivity contribution is 0.0688. The van der Waals surface area contributed by atoms with E-state index in [4.69, 9.17) is 16.3 Å². The van der Waals surface area contributed by atoms with Crippen molar-refractivity contribution in [2.24, 2.45) is 0 Å². The minimum atomic E-state index is -1.19. The number of hydrogen-bond acceptors (Lipinski definition) is 4. The first kappa shape index (κ1) is 18.6. The second-order valence-electron chi connectivity index (χ2n) is 7.48. The van der Waals surface area contributed by atoms with E-state index in [-0.39, 0.29) is 23.8 Å². The third-order valence-corrected chi connectivity index (χ3v) is 5.60. The molecule has 2 N–H and O–H groups in total. The first-order valence-electron chi connectivity index (χ1n) is 9.60. The number of ketones is 1. The number of rotatable bonds is 6. The molecule has 5 rings (SSSR count). The average Bonchev–Trinajstić information content (AvgIpc) is 3.50. The first-order valence-corrected chi connectivity index (χ1v) is 9.98. The number of carboxylic acid groups (broad SMARTS) is 1. The zero-order valence-corrected chi connectivity index (χ0v) is 16.6. The number of aromatic carboxylic acids is 1. The van der Waals surface area contributed by atoms with Crippen LogP contribution in [-0.4, -0.2) is 33.4 Å².